The van der Waals surface area contributed by atoms with E-state index in [9.17, 15) is 4.79 Å². The van der Waals surface area contributed by atoms with Crippen molar-refractivity contribution in [1.29, 1.82) is 0 Å². The van der Waals surface area contributed by atoms with Crippen LogP contribution in [0.25, 0.3) is 0 Å². The molecule has 0 aliphatic carbocycles. The van der Waals surface area contributed by atoms with Gasteiger partial charge in [0.15, 0.2) is 0 Å². The summed E-state index contributed by atoms with van der Waals surface area (Å²) in [5.41, 5.74) is 0. The van der Waals surface area contributed by atoms with Crippen LogP contribution in [-0.4, -0.2) is 61.5 Å². The van der Waals surface area contributed by atoms with Crippen LogP contribution < -0.4 is 5.32 Å². The van der Waals surface area contributed by atoms with Crippen molar-refractivity contribution in [1.82, 2.24) is 15.1 Å². The van der Waals surface area contributed by atoms with Crippen molar-refractivity contribution >= 4 is 5.91 Å². The van der Waals surface area contributed by atoms with Crippen LogP contribution in [0.4, 0.5) is 0 Å². The second kappa shape index (κ2) is 8.48. The number of rotatable bonds is 7. The fraction of sp³-hybridized carbons (Fsp3) is 0.929. The van der Waals surface area contributed by atoms with Crippen LogP contribution in [0.2, 0.25) is 0 Å². The van der Waals surface area contributed by atoms with Gasteiger partial charge >= 0.3 is 0 Å². The van der Waals surface area contributed by atoms with Gasteiger partial charge in [-0.05, 0) is 45.9 Å². The van der Waals surface area contributed by atoms with E-state index in [1.54, 1.807) is 0 Å². The third-order valence-corrected chi connectivity index (χ3v) is 3.96. The molecule has 0 saturated carbocycles. The Morgan fingerprint density at radius 1 is 1.28 bits per heavy atom. The highest BCUT2D eigenvalue weighted by molar-refractivity contribution is 5.76. The first-order valence-corrected chi connectivity index (χ1v) is 7.39. The second-order valence-electron chi connectivity index (χ2n) is 5.04. The minimum atomic E-state index is 0.336. The lowest BCUT2D eigenvalue weighted by Gasteiger charge is -2.37. The van der Waals surface area contributed by atoms with Crippen LogP contribution in [0, 0.1) is 0 Å². The van der Waals surface area contributed by atoms with E-state index in [1.807, 2.05) is 7.05 Å². The van der Waals surface area contributed by atoms with Gasteiger partial charge in [-0.2, -0.15) is 0 Å². The van der Waals surface area contributed by atoms with E-state index in [4.69, 9.17) is 0 Å². The molecule has 18 heavy (non-hydrogen) atoms. The Kier molecular flexibility index (Phi) is 7.28. The van der Waals surface area contributed by atoms with Gasteiger partial charge in [0.05, 0.1) is 0 Å². The molecule has 0 radical (unpaired) electrons. The first kappa shape index (κ1) is 15.4. The number of carbonyl (C=O) groups is 1. The zero-order valence-electron chi connectivity index (χ0n) is 12.2. The molecule has 1 aliphatic heterocycles. The zero-order chi connectivity index (χ0) is 13.4. The lowest BCUT2D eigenvalue weighted by atomic mass is 10.0. The third-order valence-electron chi connectivity index (χ3n) is 3.96. The Bertz CT molecular complexity index is 233. The zero-order valence-corrected chi connectivity index (χ0v) is 12.2. The lowest BCUT2D eigenvalue weighted by Crippen LogP contribution is -2.46. The number of nitrogens with zero attached hydrogens (tertiary/aromatic N) is 2. The van der Waals surface area contributed by atoms with Gasteiger partial charge in [-0.25, -0.2) is 0 Å². The Hall–Kier alpha value is -0.610. The molecule has 0 bridgehead atoms. The number of hydrogen-bond acceptors (Lipinski definition) is 3. The van der Waals surface area contributed by atoms with E-state index in [2.05, 4.69) is 29.0 Å². The van der Waals surface area contributed by atoms with Gasteiger partial charge in [0.1, 0.15) is 0 Å². The first-order valence-electron chi connectivity index (χ1n) is 7.39. The van der Waals surface area contributed by atoms with Gasteiger partial charge in [-0.1, -0.05) is 13.8 Å². The van der Waals surface area contributed by atoms with Gasteiger partial charge < -0.3 is 15.1 Å². The molecule has 0 aromatic heterocycles. The Labute approximate surface area is 112 Å². The molecule has 1 fully saturated rings. The second-order valence-corrected chi connectivity index (χ2v) is 5.04. The van der Waals surface area contributed by atoms with Crippen LogP contribution in [0.3, 0.4) is 0 Å². The SMILES string of the molecule is CCN(CC)C1CCN(C(=O)CCCNC)CC1. The molecule has 0 spiro atoms. The van der Waals surface area contributed by atoms with Crippen LogP contribution in [0.1, 0.15) is 39.5 Å². The molecule has 1 heterocycles. The molecular weight excluding hydrogens is 226 g/mol. The van der Waals surface area contributed by atoms with Crippen LogP contribution >= 0.6 is 0 Å². The summed E-state index contributed by atoms with van der Waals surface area (Å²) in [4.78, 5) is 16.5. The number of amides is 1. The maximum Gasteiger partial charge on any atom is 0.222 e. The number of likely N-dealkylation sites (tertiary alicyclic amines) is 1. The molecule has 1 rings (SSSR count). The van der Waals surface area contributed by atoms with Crippen molar-refractivity contribution in [3.8, 4) is 0 Å². The standard InChI is InChI=1S/C14H29N3O/c1-4-16(5-2)13-8-11-17(12-9-13)14(18)7-6-10-15-3/h13,15H,4-12H2,1-3H3. The van der Waals surface area contributed by atoms with E-state index in [0.717, 1.165) is 52.0 Å². The van der Waals surface area contributed by atoms with Gasteiger partial charge in [0, 0.05) is 25.6 Å². The maximum absolute atomic E-state index is 12.0. The molecule has 0 unspecified atom stereocenters. The summed E-state index contributed by atoms with van der Waals surface area (Å²) in [5.74, 6) is 0.336. The molecule has 4 heteroatoms. The number of carbonyl (C=O) groups excluding carboxylic acids is 1. The van der Waals surface area contributed by atoms with Crippen molar-refractivity contribution in [3.63, 3.8) is 0 Å². The van der Waals surface area contributed by atoms with E-state index in [-0.39, 0.29) is 0 Å². The van der Waals surface area contributed by atoms with Crippen LogP contribution in [-0.2, 0) is 4.79 Å². The van der Waals surface area contributed by atoms with Gasteiger partial charge in [0.2, 0.25) is 5.91 Å². The van der Waals surface area contributed by atoms with Crippen molar-refractivity contribution < 1.29 is 4.79 Å². The van der Waals surface area contributed by atoms with E-state index in [1.165, 1.54) is 0 Å². The highest BCUT2D eigenvalue weighted by Crippen LogP contribution is 2.17. The molecule has 0 aromatic rings. The minimum absolute atomic E-state index is 0.336. The normalized spacial score (nSPS) is 17.4. The summed E-state index contributed by atoms with van der Waals surface area (Å²) >= 11 is 0. The molecule has 1 amide bonds. The fourth-order valence-electron chi connectivity index (χ4n) is 2.79. The summed E-state index contributed by atoms with van der Waals surface area (Å²) in [6.45, 7) is 9.51. The van der Waals surface area contributed by atoms with Crippen LogP contribution in [0.5, 0.6) is 0 Å². The van der Waals surface area contributed by atoms with Gasteiger partial charge in [-0.3, -0.25) is 4.79 Å². The Morgan fingerprint density at radius 2 is 1.89 bits per heavy atom. The molecule has 1 N–H and O–H groups in total. The Balaban J connectivity index is 2.27. The number of nitrogens with one attached hydrogen (secondary N) is 1. The Morgan fingerprint density at radius 3 is 2.39 bits per heavy atom. The summed E-state index contributed by atoms with van der Waals surface area (Å²) in [6.07, 6.45) is 3.92. The molecular formula is C14H29N3O. The fourth-order valence-corrected chi connectivity index (χ4v) is 2.79. The third kappa shape index (κ3) is 4.58. The molecule has 1 aliphatic rings. The molecule has 4 nitrogen and oxygen atoms in total. The van der Waals surface area contributed by atoms with Crippen LogP contribution in [0.15, 0.2) is 0 Å². The topological polar surface area (TPSA) is 35.6 Å². The monoisotopic (exact) mass is 255 g/mol. The lowest BCUT2D eigenvalue weighted by molar-refractivity contribution is -0.132. The predicted molar refractivity (Wildman–Crippen MR) is 75.7 cm³/mol. The molecule has 0 aromatic carbocycles. The molecule has 106 valence electrons. The number of hydrogen-bond donors (Lipinski definition) is 1. The summed E-state index contributed by atoms with van der Waals surface area (Å²) in [5, 5.41) is 3.09. The number of piperidine rings is 1. The molecule has 1 saturated heterocycles. The van der Waals surface area contributed by atoms with Gasteiger partial charge in [0.25, 0.3) is 0 Å². The highest BCUT2D eigenvalue weighted by Gasteiger charge is 2.24. The van der Waals surface area contributed by atoms with Crippen molar-refractivity contribution in [3.05, 3.63) is 0 Å². The minimum Gasteiger partial charge on any atom is -0.343 e. The smallest absolute Gasteiger partial charge is 0.222 e. The largest absolute Gasteiger partial charge is 0.343 e. The van der Waals surface area contributed by atoms with Gasteiger partial charge in [-0.15, -0.1) is 0 Å². The molecule has 0 atom stereocenters. The van der Waals surface area contributed by atoms with Crippen molar-refractivity contribution in [2.45, 2.75) is 45.6 Å². The van der Waals surface area contributed by atoms with Crippen molar-refractivity contribution in [2.75, 3.05) is 39.8 Å². The quantitative estimate of drug-likeness (QED) is 0.697. The first-order chi connectivity index (χ1) is 8.72. The summed E-state index contributed by atoms with van der Waals surface area (Å²) in [6, 6.07) is 0.682. The van der Waals surface area contributed by atoms with E-state index < -0.39 is 0 Å². The summed E-state index contributed by atoms with van der Waals surface area (Å²) < 4.78 is 0. The maximum atomic E-state index is 12.0. The predicted octanol–water partition coefficient (Wildman–Crippen LogP) is 1.32. The highest BCUT2D eigenvalue weighted by atomic mass is 16.2. The van der Waals surface area contributed by atoms with E-state index in [0.29, 0.717) is 18.4 Å². The average molecular weight is 255 g/mol. The summed E-state index contributed by atoms with van der Waals surface area (Å²) in [7, 11) is 1.93. The van der Waals surface area contributed by atoms with E-state index >= 15 is 0 Å². The van der Waals surface area contributed by atoms with Crippen molar-refractivity contribution in [2.24, 2.45) is 0 Å². The average Bonchev–Trinajstić information content (AvgIpc) is 2.41.